The predicted octanol–water partition coefficient (Wildman–Crippen LogP) is 3.01. The number of nitrogens with two attached hydrogens (primary N) is 1. The number of aryl methyl sites for hydroxylation is 1. The number of nitrogens with zero attached hydrogens (tertiary/aromatic N) is 6. The van der Waals surface area contributed by atoms with E-state index in [2.05, 4.69) is 56.8 Å². The smallest absolute Gasteiger partial charge is 0.242 e. The lowest BCUT2D eigenvalue weighted by Crippen LogP contribution is -2.51. The number of carbonyl (C=O) groups excluding carboxylic acids is 3. The highest BCUT2D eigenvalue weighted by Crippen LogP contribution is 2.25. The number of nitrogens with one attached hydrogen (secondary N) is 1. The molecule has 0 radical (unpaired) electrons. The molecule has 5 rings (SSSR count). The maximum absolute atomic E-state index is 12.8. The molecule has 42 heavy (non-hydrogen) atoms. The fourth-order valence-electron chi connectivity index (χ4n) is 5.84. The lowest BCUT2D eigenvalue weighted by molar-refractivity contribution is -0.146. The van der Waals surface area contributed by atoms with Crippen molar-refractivity contribution in [1.29, 1.82) is 0 Å². The van der Waals surface area contributed by atoms with Crippen LogP contribution in [-0.2, 0) is 27.5 Å². The summed E-state index contributed by atoms with van der Waals surface area (Å²) in [6, 6.07) is 8.59. The molecule has 4 heterocycles. The van der Waals surface area contributed by atoms with Crippen LogP contribution in [-0.4, -0.2) is 86.2 Å². The number of hydrogen-bond acceptors (Lipinski definition) is 8. The molecule has 0 spiro atoms. The van der Waals surface area contributed by atoms with E-state index >= 15 is 0 Å². The second-order valence-electron chi connectivity index (χ2n) is 11.6. The van der Waals surface area contributed by atoms with E-state index in [1.807, 2.05) is 12.3 Å². The molecule has 224 valence electrons. The third-order valence-electron chi connectivity index (χ3n) is 8.34. The lowest BCUT2D eigenvalue weighted by Gasteiger charge is -2.35. The van der Waals surface area contributed by atoms with Crippen LogP contribution in [0.5, 0.6) is 0 Å². The van der Waals surface area contributed by atoms with Gasteiger partial charge in [0.2, 0.25) is 23.7 Å². The van der Waals surface area contributed by atoms with Crippen molar-refractivity contribution in [2.24, 2.45) is 5.92 Å². The quantitative estimate of drug-likeness (QED) is 0.264. The first-order chi connectivity index (χ1) is 20.2. The summed E-state index contributed by atoms with van der Waals surface area (Å²) < 4.78 is 2.18. The number of nitrogen functional groups attached to an aromatic ring is 1. The van der Waals surface area contributed by atoms with Gasteiger partial charge in [-0.3, -0.25) is 24.2 Å². The summed E-state index contributed by atoms with van der Waals surface area (Å²) in [5.74, 6) is 0.0709. The predicted molar refractivity (Wildman–Crippen MR) is 163 cm³/mol. The van der Waals surface area contributed by atoms with Crippen molar-refractivity contribution in [2.75, 3.05) is 50.3 Å². The van der Waals surface area contributed by atoms with Crippen LogP contribution in [0.2, 0.25) is 0 Å². The van der Waals surface area contributed by atoms with Crippen molar-refractivity contribution in [2.45, 2.75) is 59.5 Å². The van der Waals surface area contributed by atoms with E-state index in [4.69, 9.17) is 5.73 Å². The summed E-state index contributed by atoms with van der Waals surface area (Å²) >= 11 is 0. The van der Waals surface area contributed by atoms with Crippen molar-refractivity contribution in [1.82, 2.24) is 29.2 Å². The molecule has 2 aliphatic rings. The van der Waals surface area contributed by atoms with Crippen LogP contribution >= 0.6 is 0 Å². The summed E-state index contributed by atoms with van der Waals surface area (Å²) in [6.45, 7) is 10.9. The molecule has 0 saturated carbocycles. The zero-order chi connectivity index (χ0) is 29.8. The minimum absolute atomic E-state index is 0.144. The van der Waals surface area contributed by atoms with Gasteiger partial charge in [-0.2, -0.15) is 4.98 Å². The normalized spacial score (nSPS) is 17.9. The minimum atomic E-state index is -0.331. The molecule has 1 atom stereocenters. The third kappa shape index (κ3) is 6.56. The van der Waals surface area contributed by atoms with Gasteiger partial charge in [0.05, 0.1) is 5.52 Å². The average molecular weight is 575 g/mol. The van der Waals surface area contributed by atoms with Crippen LogP contribution in [0.1, 0.15) is 56.2 Å². The Morgan fingerprint density at radius 2 is 1.86 bits per heavy atom. The fraction of sp³-hybridized carbons (Fsp3) is 0.516. The molecule has 0 bridgehead atoms. The van der Waals surface area contributed by atoms with Gasteiger partial charge in [-0.1, -0.05) is 44.9 Å². The number of amides is 3. The molecule has 2 fully saturated rings. The number of anilines is 2. The second kappa shape index (κ2) is 12.9. The van der Waals surface area contributed by atoms with Crippen LogP contribution in [0.4, 0.5) is 11.8 Å². The van der Waals surface area contributed by atoms with E-state index in [0.717, 1.165) is 60.8 Å². The minimum Gasteiger partial charge on any atom is -0.368 e. The number of piperazine rings is 1. The number of carbonyl (C=O) groups is 3. The number of benzene rings is 1. The Balaban J connectivity index is 1.17. The number of unbranched alkanes of at least 4 members (excludes halogenated alkanes) is 2. The fourth-order valence-corrected chi connectivity index (χ4v) is 5.84. The number of aromatic nitrogens is 3. The van der Waals surface area contributed by atoms with Gasteiger partial charge in [-0.05, 0) is 36.1 Å². The highest BCUT2D eigenvalue weighted by Gasteiger charge is 2.37. The Labute approximate surface area is 247 Å². The Bertz CT molecular complexity index is 1460. The zero-order valence-electron chi connectivity index (χ0n) is 24.9. The monoisotopic (exact) mass is 574 g/mol. The molecule has 3 N–H and O–H groups in total. The lowest BCUT2D eigenvalue weighted by atomic mass is 10.0. The van der Waals surface area contributed by atoms with Crippen LogP contribution in [0.25, 0.3) is 11.0 Å². The topological polar surface area (TPSA) is 130 Å². The van der Waals surface area contributed by atoms with Crippen LogP contribution < -0.4 is 11.1 Å². The standard InChI is InChI=1S/C31H42N8O3/c1-4-5-6-10-33-29-28-25(34-31(32)35-29)9-11-38(28)19-24-8-7-23(16-21(24)2)18-36-12-14-37(15-13-36)27(41)20-39-26(40)17-22(3)30(39)42/h7-9,11,16,22H,4-6,10,12-15,17-20H2,1-3H3,(H3,32,33,34,35). The molecule has 2 aliphatic heterocycles. The van der Waals surface area contributed by atoms with Crippen molar-refractivity contribution in [3.05, 3.63) is 47.2 Å². The Kier molecular flexibility index (Phi) is 9.06. The number of hydrogen-bond donors (Lipinski definition) is 2. The van der Waals surface area contributed by atoms with E-state index in [9.17, 15) is 14.4 Å². The third-order valence-corrected chi connectivity index (χ3v) is 8.34. The zero-order valence-corrected chi connectivity index (χ0v) is 24.9. The van der Waals surface area contributed by atoms with Crippen LogP contribution in [0.15, 0.2) is 30.5 Å². The van der Waals surface area contributed by atoms with Crippen molar-refractivity contribution in [3.63, 3.8) is 0 Å². The summed E-state index contributed by atoms with van der Waals surface area (Å²) in [5, 5.41) is 3.46. The van der Waals surface area contributed by atoms with Gasteiger partial charge in [0.15, 0.2) is 5.82 Å². The molecule has 11 heteroatoms. The molecule has 3 amide bonds. The largest absolute Gasteiger partial charge is 0.368 e. The van der Waals surface area contributed by atoms with E-state index in [-0.39, 0.29) is 42.6 Å². The van der Waals surface area contributed by atoms with Gasteiger partial charge in [0.1, 0.15) is 12.1 Å². The van der Waals surface area contributed by atoms with Crippen molar-refractivity contribution < 1.29 is 14.4 Å². The van der Waals surface area contributed by atoms with E-state index in [1.165, 1.54) is 23.1 Å². The van der Waals surface area contributed by atoms with Gasteiger partial charge in [0, 0.05) is 64.3 Å². The Morgan fingerprint density at radius 1 is 1.07 bits per heavy atom. The second-order valence-corrected chi connectivity index (χ2v) is 11.6. The number of rotatable bonds is 11. The van der Waals surface area contributed by atoms with Gasteiger partial charge in [-0.15, -0.1) is 0 Å². The first-order valence-electron chi connectivity index (χ1n) is 15.0. The van der Waals surface area contributed by atoms with Gasteiger partial charge in [-0.25, -0.2) is 4.98 Å². The summed E-state index contributed by atoms with van der Waals surface area (Å²) in [7, 11) is 0. The number of imide groups is 1. The van der Waals surface area contributed by atoms with Crippen molar-refractivity contribution in [3.8, 4) is 0 Å². The SMILES string of the molecule is CCCCCNc1nc(N)nc2ccn(Cc3ccc(CN4CCN(C(=O)CN5C(=O)CC(C)C5=O)CC4)cc3C)c12. The van der Waals surface area contributed by atoms with E-state index in [1.54, 1.807) is 11.8 Å². The molecular weight excluding hydrogens is 532 g/mol. The number of likely N-dealkylation sites (tertiary alicyclic amines) is 1. The molecule has 11 nitrogen and oxygen atoms in total. The molecular formula is C31H42N8O3. The molecule has 0 aliphatic carbocycles. The molecule has 1 unspecified atom stereocenters. The first-order valence-corrected chi connectivity index (χ1v) is 15.0. The molecule has 2 saturated heterocycles. The maximum atomic E-state index is 12.8. The van der Waals surface area contributed by atoms with E-state index in [0.29, 0.717) is 19.6 Å². The van der Waals surface area contributed by atoms with Crippen LogP contribution in [0.3, 0.4) is 0 Å². The Morgan fingerprint density at radius 3 is 2.55 bits per heavy atom. The van der Waals surface area contributed by atoms with Gasteiger partial charge in [0.25, 0.3) is 0 Å². The van der Waals surface area contributed by atoms with Crippen molar-refractivity contribution >= 4 is 40.5 Å². The Hall–Kier alpha value is -3.99. The molecule has 1 aromatic carbocycles. The number of fused-ring (bicyclic) bond motifs is 1. The average Bonchev–Trinajstić information content (AvgIpc) is 3.47. The van der Waals surface area contributed by atoms with Gasteiger partial charge < -0.3 is 20.5 Å². The van der Waals surface area contributed by atoms with Crippen LogP contribution in [0, 0.1) is 12.8 Å². The maximum Gasteiger partial charge on any atom is 0.242 e. The highest BCUT2D eigenvalue weighted by atomic mass is 16.2. The summed E-state index contributed by atoms with van der Waals surface area (Å²) in [5.41, 5.74) is 11.4. The highest BCUT2D eigenvalue weighted by molar-refractivity contribution is 6.05. The first kappa shape index (κ1) is 29.5. The van der Waals surface area contributed by atoms with E-state index < -0.39 is 0 Å². The molecule has 2 aromatic heterocycles. The summed E-state index contributed by atoms with van der Waals surface area (Å²) in [6.07, 6.45) is 5.64. The summed E-state index contributed by atoms with van der Waals surface area (Å²) in [4.78, 5) is 51.2. The van der Waals surface area contributed by atoms with Gasteiger partial charge >= 0.3 is 0 Å². The molecule has 3 aromatic rings.